The number of hydrogen-bond acceptors (Lipinski definition) is 6. The van der Waals surface area contributed by atoms with E-state index in [0.717, 1.165) is 31.5 Å². The number of hydrogen-bond donors (Lipinski definition) is 1. The highest BCUT2D eigenvalue weighted by Crippen LogP contribution is 2.44. The molecule has 2 saturated heterocycles. The second-order valence-corrected chi connectivity index (χ2v) is 9.98. The van der Waals surface area contributed by atoms with Gasteiger partial charge in [0.15, 0.2) is 5.97 Å². The first-order chi connectivity index (χ1) is 15.3. The number of aliphatic imine (C=N–C) groups is 1. The molecular weight excluding hydrogens is 461 g/mol. The van der Waals surface area contributed by atoms with Crippen molar-refractivity contribution in [2.24, 2.45) is 10.9 Å². The molecule has 0 amide bonds. The normalized spacial score (nSPS) is 34.4. The number of alkyl halides is 1. The van der Waals surface area contributed by atoms with Crippen molar-refractivity contribution < 1.29 is 17.9 Å². The summed E-state index contributed by atoms with van der Waals surface area (Å²) in [7, 11) is 3.80. The Bertz CT molecular complexity index is 761. The molecule has 4 rings (SSSR count). The molecule has 0 aromatic carbocycles. The Morgan fingerprint density at radius 1 is 1.31 bits per heavy atom. The van der Waals surface area contributed by atoms with Crippen molar-refractivity contribution >= 4 is 29.5 Å². The summed E-state index contributed by atoms with van der Waals surface area (Å²) in [4.78, 5) is 8.04. The van der Waals surface area contributed by atoms with Gasteiger partial charge in [-0.25, -0.2) is 13.8 Å². The smallest absolute Gasteiger partial charge is 0.191 e. The molecular formula is C22H34ClF3N4OS. The van der Waals surface area contributed by atoms with Crippen LogP contribution in [0.2, 0.25) is 0 Å². The number of rotatable bonds is 6. The molecule has 4 aliphatic rings. The van der Waals surface area contributed by atoms with Crippen LogP contribution in [0.4, 0.5) is 13.2 Å². The maximum Gasteiger partial charge on any atom is 0.191 e. The van der Waals surface area contributed by atoms with Crippen molar-refractivity contribution in [1.29, 1.82) is 0 Å². The van der Waals surface area contributed by atoms with E-state index in [1.807, 2.05) is 13.8 Å². The third-order valence-electron chi connectivity index (χ3n) is 6.72. The Hall–Kier alpha value is -0.740. The molecule has 5 nitrogen and oxygen atoms in total. The SMILES string of the molecule is CC.CO[C@@]1(C2CN(C)C2)CCN(C2CC(F)C(SNC3=CCCC(F)=N3)C(F)=C2Cl)C1. The first-order valence-electron chi connectivity index (χ1n) is 11.3. The van der Waals surface area contributed by atoms with E-state index in [9.17, 15) is 8.78 Å². The van der Waals surface area contributed by atoms with E-state index in [-0.39, 0.29) is 29.3 Å². The largest absolute Gasteiger partial charge is 0.376 e. The number of allylic oxidation sites excluding steroid dienone is 1. The molecule has 0 aromatic rings. The van der Waals surface area contributed by atoms with Crippen molar-refractivity contribution in [2.75, 3.05) is 40.3 Å². The van der Waals surface area contributed by atoms with Crippen LogP contribution in [0.3, 0.4) is 0 Å². The van der Waals surface area contributed by atoms with Crippen LogP contribution in [-0.4, -0.2) is 79.2 Å². The zero-order valence-electron chi connectivity index (χ0n) is 19.2. The minimum Gasteiger partial charge on any atom is -0.376 e. The molecule has 3 unspecified atom stereocenters. The Morgan fingerprint density at radius 3 is 2.66 bits per heavy atom. The van der Waals surface area contributed by atoms with Gasteiger partial charge < -0.3 is 14.4 Å². The molecule has 4 atom stereocenters. The van der Waals surface area contributed by atoms with Gasteiger partial charge in [0.05, 0.1) is 16.7 Å². The molecule has 3 heterocycles. The minimum absolute atomic E-state index is 0.0631. The highest BCUT2D eigenvalue weighted by Gasteiger charge is 2.51. The molecule has 0 radical (unpaired) electrons. The van der Waals surface area contributed by atoms with Gasteiger partial charge in [-0.2, -0.15) is 4.39 Å². The lowest BCUT2D eigenvalue weighted by molar-refractivity contribution is -0.0987. The predicted molar refractivity (Wildman–Crippen MR) is 126 cm³/mol. The van der Waals surface area contributed by atoms with E-state index >= 15 is 4.39 Å². The van der Waals surface area contributed by atoms with Gasteiger partial charge in [0.1, 0.15) is 23.1 Å². The summed E-state index contributed by atoms with van der Waals surface area (Å²) >= 11 is 7.27. The fourth-order valence-corrected chi connectivity index (χ4v) is 6.15. The monoisotopic (exact) mass is 494 g/mol. The van der Waals surface area contributed by atoms with Crippen LogP contribution < -0.4 is 4.72 Å². The van der Waals surface area contributed by atoms with Crippen molar-refractivity contribution in [1.82, 2.24) is 14.5 Å². The lowest BCUT2D eigenvalue weighted by Crippen LogP contribution is -2.58. The Kier molecular flexibility index (Phi) is 8.99. The Labute approximate surface area is 198 Å². The summed E-state index contributed by atoms with van der Waals surface area (Å²) in [6, 6.07) is -0.488. The second kappa shape index (κ2) is 11.1. The van der Waals surface area contributed by atoms with Gasteiger partial charge in [-0.3, -0.25) is 4.90 Å². The Morgan fingerprint density at radius 2 is 2.03 bits per heavy atom. The lowest BCUT2D eigenvalue weighted by Gasteiger charge is -2.47. The van der Waals surface area contributed by atoms with Crippen LogP contribution in [0, 0.1) is 5.92 Å². The summed E-state index contributed by atoms with van der Waals surface area (Å²) in [5, 5.41) is -1.02. The average Bonchev–Trinajstić information content (AvgIpc) is 3.20. The predicted octanol–water partition coefficient (Wildman–Crippen LogP) is 4.81. The van der Waals surface area contributed by atoms with E-state index in [1.54, 1.807) is 13.2 Å². The number of likely N-dealkylation sites (tertiary alicyclic amines) is 2. The van der Waals surface area contributed by atoms with Gasteiger partial charge in [0.2, 0.25) is 0 Å². The lowest BCUT2D eigenvalue weighted by atomic mass is 9.81. The van der Waals surface area contributed by atoms with E-state index in [4.69, 9.17) is 16.3 Å². The molecule has 0 spiro atoms. The van der Waals surface area contributed by atoms with E-state index in [2.05, 4.69) is 26.6 Å². The van der Waals surface area contributed by atoms with Crippen LogP contribution in [0.15, 0.2) is 27.7 Å². The highest BCUT2D eigenvalue weighted by molar-refractivity contribution is 7.98. The van der Waals surface area contributed by atoms with E-state index in [0.29, 0.717) is 25.4 Å². The molecule has 3 aliphatic heterocycles. The molecule has 1 N–H and O–H groups in total. The van der Waals surface area contributed by atoms with Crippen molar-refractivity contribution in [3.63, 3.8) is 0 Å². The van der Waals surface area contributed by atoms with Gasteiger partial charge >= 0.3 is 0 Å². The van der Waals surface area contributed by atoms with Gasteiger partial charge in [-0.15, -0.1) is 0 Å². The molecule has 1 aliphatic carbocycles. The summed E-state index contributed by atoms with van der Waals surface area (Å²) in [6.45, 7) is 7.27. The average molecular weight is 495 g/mol. The summed E-state index contributed by atoms with van der Waals surface area (Å²) in [6.07, 6.45) is 2.01. The first kappa shape index (κ1) is 25.9. The first-order valence-corrected chi connectivity index (χ1v) is 12.6. The van der Waals surface area contributed by atoms with Crippen LogP contribution in [-0.2, 0) is 4.74 Å². The molecule has 32 heavy (non-hydrogen) atoms. The standard InChI is InChI=1S/C20H28ClF3N4OS.C2H6/c1-27-9-12(10-27)20(29-2)6-7-28(11-20)14-8-13(22)19(18(24)17(14)21)30-26-16-5-3-4-15(23)25-16;1-2/h5,12-14,19,26H,3-4,6-11H2,1-2H3;1-2H3/t13?,14?,19?,20-;/m0./s1. The molecule has 0 saturated carbocycles. The zero-order valence-corrected chi connectivity index (χ0v) is 20.8. The molecule has 182 valence electrons. The maximum absolute atomic E-state index is 15.0. The quantitative estimate of drug-likeness (QED) is 0.537. The fourth-order valence-electron chi connectivity index (χ4n) is 4.88. The third kappa shape index (κ3) is 5.32. The number of nitrogens with zero attached hydrogens (tertiary/aromatic N) is 3. The summed E-state index contributed by atoms with van der Waals surface area (Å²) in [5.74, 6) is -0.426. The number of ether oxygens (including phenoxy) is 1. The van der Waals surface area contributed by atoms with Crippen LogP contribution in [0.1, 0.15) is 39.5 Å². The molecule has 0 aromatic heterocycles. The van der Waals surface area contributed by atoms with Crippen molar-refractivity contribution in [2.45, 2.75) is 62.6 Å². The van der Waals surface area contributed by atoms with E-state index in [1.165, 1.54) is 0 Å². The van der Waals surface area contributed by atoms with Gasteiger partial charge in [0.25, 0.3) is 0 Å². The van der Waals surface area contributed by atoms with Crippen LogP contribution >= 0.6 is 23.5 Å². The van der Waals surface area contributed by atoms with Gasteiger partial charge in [0, 0.05) is 52.0 Å². The number of nitrogens with one attached hydrogen (secondary N) is 1. The number of halogens is 4. The fraction of sp³-hybridized carbons (Fsp3) is 0.773. The topological polar surface area (TPSA) is 40.1 Å². The van der Waals surface area contributed by atoms with Crippen molar-refractivity contribution in [3.8, 4) is 0 Å². The summed E-state index contributed by atoms with van der Waals surface area (Å²) < 4.78 is 52.0. The van der Waals surface area contributed by atoms with Gasteiger partial charge in [-0.1, -0.05) is 25.4 Å². The molecule has 10 heteroatoms. The third-order valence-corrected chi connectivity index (χ3v) is 8.23. The van der Waals surface area contributed by atoms with Crippen LogP contribution in [0.5, 0.6) is 0 Å². The van der Waals surface area contributed by atoms with Crippen molar-refractivity contribution in [3.05, 3.63) is 22.8 Å². The summed E-state index contributed by atoms with van der Waals surface area (Å²) in [5.41, 5.74) is -0.283. The van der Waals surface area contributed by atoms with Crippen LogP contribution in [0.25, 0.3) is 0 Å². The molecule has 2 fully saturated rings. The Balaban J connectivity index is 0.00000141. The second-order valence-electron chi connectivity index (χ2n) is 8.63. The zero-order chi connectivity index (χ0) is 23.5. The highest BCUT2D eigenvalue weighted by atomic mass is 35.5. The number of methoxy groups -OCH3 is 1. The van der Waals surface area contributed by atoms with Gasteiger partial charge in [-0.05, 0) is 37.9 Å². The minimum atomic E-state index is -1.42. The molecule has 0 bridgehead atoms. The maximum atomic E-state index is 15.0. The van der Waals surface area contributed by atoms with E-state index < -0.39 is 29.3 Å².